The van der Waals surface area contributed by atoms with Crippen LogP contribution in [0, 0.1) is 17.8 Å². The van der Waals surface area contributed by atoms with Crippen LogP contribution in [0.15, 0.2) is 0 Å². The third-order valence-electron chi connectivity index (χ3n) is 2.66. The molecule has 0 bridgehead atoms. The second-order valence-electron chi connectivity index (χ2n) is 3.90. The zero-order chi connectivity index (χ0) is 9.52. The summed E-state index contributed by atoms with van der Waals surface area (Å²) < 4.78 is 5.66. The van der Waals surface area contributed by atoms with Crippen molar-refractivity contribution in [2.75, 3.05) is 6.61 Å². The second kappa shape index (κ2) is 6.05. The molecule has 0 radical (unpaired) electrons. The Morgan fingerprint density at radius 1 is 1.15 bits per heavy atom. The molecule has 13 heavy (non-hydrogen) atoms. The fourth-order valence-electron chi connectivity index (χ4n) is 1.73. The lowest BCUT2D eigenvalue weighted by molar-refractivity contribution is 0.0396. The number of rotatable bonds is 2. The molecule has 1 heteroatoms. The number of ether oxygens (including phenoxy) is 1. The highest BCUT2D eigenvalue weighted by Gasteiger charge is 2.17. The number of hydrogen-bond acceptors (Lipinski definition) is 1. The first-order valence-corrected chi connectivity index (χ1v) is 5.40. The van der Waals surface area contributed by atoms with Gasteiger partial charge < -0.3 is 4.74 Å². The van der Waals surface area contributed by atoms with Gasteiger partial charge in [-0.1, -0.05) is 19.8 Å². The Bertz CT molecular complexity index is 179. The van der Waals surface area contributed by atoms with Gasteiger partial charge in [0.1, 0.15) is 6.61 Å². The summed E-state index contributed by atoms with van der Waals surface area (Å²) in [7, 11) is 0. The first-order valence-electron chi connectivity index (χ1n) is 5.40. The van der Waals surface area contributed by atoms with Crippen molar-refractivity contribution in [2.24, 2.45) is 5.92 Å². The maximum atomic E-state index is 5.66. The Balaban J connectivity index is 2.09. The number of hydrogen-bond donors (Lipinski definition) is 0. The zero-order valence-corrected chi connectivity index (χ0v) is 8.81. The molecule has 0 amide bonds. The van der Waals surface area contributed by atoms with Crippen molar-refractivity contribution >= 4 is 0 Å². The van der Waals surface area contributed by atoms with Crippen LogP contribution in [0.25, 0.3) is 0 Å². The average molecular weight is 180 g/mol. The molecule has 1 aliphatic rings. The van der Waals surface area contributed by atoms with Crippen molar-refractivity contribution in [1.29, 1.82) is 0 Å². The van der Waals surface area contributed by atoms with E-state index >= 15 is 0 Å². The molecule has 0 aliphatic heterocycles. The topological polar surface area (TPSA) is 9.23 Å². The van der Waals surface area contributed by atoms with E-state index in [9.17, 15) is 0 Å². The molecule has 0 atom stereocenters. The van der Waals surface area contributed by atoms with Crippen LogP contribution in [-0.2, 0) is 4.74 Å². The van der Waals surface area contributed by atoms with E-state index in [0.717, 1.165) is 12.3 Å². The fourth-order valence-corrected chi connectivity index (χ4v) is 1.73. The second-order valence-corrected chi connectivity index (χ2v) is 3.90. The van der Waals surface area contributed by atoms with Gasteiger partial charge in [0.25, 0.3) is 0 Å². The average Bonchev–Trinajstić information content (AvgIpc) is 2.15. The summed E-state index contributed by atoms with van der Waals surface area (Å²) in [5, 5.41) is 0. The van der Waals surface area contributed by atoms with E-state index in [1.807, 2.05) is 0 Å². The van der Waals surface area contributed by atoms with E-state index in [4.69, 9.17) is 4.74 Å². The summed E-state index contributed by atoms with van der Waals surface area (Å²) in [4.78, 5) is 0. The minimum absolute atomic E-state index is 0.488. The monoisotopic (exact) mass is 180 g/mol. The van der Waals surface area contributed by atoms with E-state index in [-0.39, 0.29) is 0 Å². The van der Waals surface area contributed by atoms with Crippen LogP contribution >= 0.6 is 0 Å². The van der Waals surface area contributed by atoms with Gasteiger partial charge in [0, 0.05) is 6.42 Å². The van der Waals surface area contributed by atoms with Crippen molar-refractivity contribution < 1.29 is 4.74 Å². The van der Waals surface area contributed by atoms with E-state index in [2.05, 4.69) is 25.7 Å². The minimum Gasteiger partial charge on any atom is -0.366 e. The summed E-state index contributed by atoms with van der Waals surface area (Å²) >= 11 is 0. The predicted octanol–water partition coefficient (Wildman–Crippen LogP) is 3.00. The van der Waals surface area contributed by atoms with Crippen LogP contribution in [0.3, 0.4) is 0 Å². The molecule has 0 saturated heterocycles. The van der Waals surface area contributed by atoms with E-state index in [1.54, 1.807) is 0 Å². The highest BCUT2D eigenvalue weighted by atomic mass is 16.5. The van der Waals surface area contributed by atoms with Crippen LogP contribution in [-0.4, -0.2) is 12.7 Å². The van der Waals surface area contributed by atoms with Gasteiger partial charge in [0.2, 0.25) is 0 Å². The van der Waals surface area contributed by atoms with Crippen LogP contribution in [0.2, 0.25) is 0 Å². The molecule has 1 nitrogen and oxygen atoms in total. The molecule has 1 saturated carbocycles. The van der Waals surface area contributed by atoms with Gasteiger partial charge in [-0.3, -0.25) is 0 Å². The van der Waals surface area contributed by atoms with Crippen LogP contribution < -0.4 is 0 Å². The zero-order valence-electron chi connectivity index (χ0n) is 8.81. The Morgan fingerprint density at radius 3 is 2.46 bits per heavy atom. The largest absolute Gasteiger partial charge is 0.366 e. The quantitative estimate of drug-likeness (QED) is 0.594. The lowest BCUT2D eigenvalue weighted by Gasteiger charge is -2.25. The molecule has 1 fully saturated rings. The van der Waals surface area contributed by atoms with Crippen molar-refractivity contribution in [3.8, 4) is 11.8 Å². The highest BCUT2D eigenvalue weighted by Crippen LogP contribution is 2.25. The highest BCUT2D eigenvalue weighted by molar-refractivity contribution is 4.98. The summed E-state index contributed by atoms with van der Waals surface area (Å²) in [6.07, 6.45) is 6.54. The Hall–Kier alpha value is -0.480. The van der Waals surface area contributed by atoms with Crippen molar-refractivity contribution in [3.63, 3.8) is 0 Å². The molecular formula is C12H20O. The maximum Gasteiger partial charge on any atom is 0.108 e. The summed E-state index contributed by atoms with van der Waals surface area (Å²) in [6, 6.07) is 0. The lowest BCUT2D eigenvalue weighted by atomic mass is 9.89. The Morgan fingerprint density at radius 2 is 1.85 bits per heavy atom. The van der Waals surface area contributed by atoms with E-state index < -0.39 is 0 Å². The molecule has 0 spiro atoms. The molecule has 0 unspecified atom stereocenters. The van der Waals surface area contributed by atoms with Crippen molar-refractivity contribution in [3.05, 3.63) is 0 Å². The summed E-state index contributed by atoms with van der Waals surface area (Å²) in [5.41, 5.74) is 0. The van der Waals surface area contributed by atoms with E-state index in [0.29, 0.717) is 12.7 Å². The molecule has 74 valence electrons. The molecule has 0 aromatic rings. The van der Waals surface area contributed by atoms with Crippen LogP contribution in [0.4, 0.5) is 0 Å². The SMILES string of the molecule is CCC#CCOC1CCC(C)CC1. The van der Waals surface area contributed by atoms with Gasteiger partial charge in [-0.2, -0.15) is 0 Å². The molecule has 1 aliphatic carbocycles. The molecule has 0 heterocycles. The van der Waals surface area contributed by atoms with E-state index in [1.165, 1.54) is 25.7 Å². The molecular weight excluding hydrogens is 160 g/mol. The summed E-state index contributed by atoms with van der Waals surface area (Å²) in [6.45, 7) is 5.02. The smallest absolute Gasteiger partial charge is 0.108 e. The van der Waals surface area contributed by atoms with Crippen LogP contribution in [0.5, 0.6) is 0 Å². The third-order valence-corrected chi connectivity index (χ3v) is 2.66. The minimum atomic E-state index is 0.488. The Labute approximate surface area is 81.9 Å². The van der Waals surface area contributed by atoms with Gasteiger partial charge in [0.05, 0.1) is 6.10 Å². The molecule has 0 aromatic heterocycles. The standard InChI is InChI=1S/C12H20O/c1-3-4-5-10-13-12-8-6-11(2)7-9-12/h11-12H,3,6-10H2,1-2H3. The third kappa shape index (κ3) is 4.33. The Kier molecular flexibility index (Phi) is 4.93. The van der Waals surface area contributed by atoms with Gasteiger partial charge in [-0.15, -0.1) is 5.92 Å². The maximum absolute atomic E-state index is 5.66. The van der Waals surface area contributed by atoms with Gasteiger partial charge >= 0.3 is 0 Å². The van der Waals surface area contributed by atoms with Crippen molar-refractivity contribution in [2.45, 2.75) is 52.1 Å². The van der Waals surface area contributed by atoms with Gasteiger partial charge in [-0.05, 0) is 31.6 Å². The van der Waals surface area contributed by atoms with Gasteiger partial charge in [-0.25, -0.2) is 0 Å². The van der Waals surface area contributed by atoms with Crippen LogP contribution in [0.1, 0.15) is 46.0 Å². The first-order chi connectivity index (χ1) is 6.33. The lowest BCUT2D eigenvalue weighted by Crippen LogP contribution is -2.20. The predicted molar refractivity (Wildman–Crippen MR) is 55.4 cm³/mol. The molecule has 0 N–H and O–H groups in total. The summed E-state index contributed by atoms with van der Waals surface area (Å²) in [5.74, 6) is 6.95. The van der Waals surface area contributed by atoms with Crippen molar-refractivity contribution in [1.82, 2.24) is 0 Å². The van der Waals surface area contributed by atoms with Gasteiger partial charge in [0.15, 0.2) is 0 Å². The normalized spacial score (nSPS) is 27.8. The molecule has 1 rings (SSSR count). The first kappa shape index (κ1) is 10.6. The molecule has 0 aromatic carbocycles. The fraction of sp³-hybridized carbons (Fsp3) is 0.833.